The Kier molecular flexibility index (Phi) is 5.55. The molecule has 112 valence electrons. The molecule has 0 saturated heterocycles. The molecule has 0 amide bonds. The van der Waals surface area contributed by atoms with Crippen LogP contribution >= 0.6 is 23.2 Å². The number of aromatic nitrogens is 3. The first kappa shape index (κ1) is 15.8. The number of rotatable bonds is 6. The summed E-state index contributed by atoms with van der Waals surface area (Å²) in [4.78, 5) is 6.38. The van der Waals surface area contributed by atoms with Crippen molar-refractivity contribution in [3.63, 3.8) is 0 Å². The zero-order chi connectivity index (χ0) is 15.2. The molecule has 1 aromatic carbocycles. The molecule has 0 fully saturated rings. The van der Waals surface area contributed by atoms with Crippen molar-refractivity contribution in [1.29, 1.82) is 0 Å². The van der Waals surface area contributed by atoms with Crippen molar-refractivity contribution in [1.82, 2.24) is 20.1 Å². The van der Waals surface area contributed by atoms with Crippen LogP contribution in [-0.4, -0.2) is 47.3 Å². The molecule has 0 unspecified atom stereocenters. The van der Waals surface area contributed by atoms with E-state index in [9.17, 15) is 0 Å². The highest BCUT2D eigenvalue weighted by atomic mass is 35.5. The van der Waals surface area contributed by atoms with E-state index in [4.69, 9.17) is 23.2 Å². The minimum Gasteiger partial charge on any atom is -0.352 e. The molecular weight excluding hydrogens is 311 g/mol. The zero-order valence-electron chi connectivity index (χ0n) is 11.8. The molecule has 2 aromatic rings. The van der Waals surface area contributed by atoms with Gasteiger partial charge in [0.05, 0.1) is 16.9 Å². The molecule has 21 heavy (non-hydrogen) atoms. The Morgan fingerprint density at radius 1 is 1.24 bits per heavy atom. The minimum absolute atomic E-state index is 0.458. The quantitative estimate of drug-likeness (QED) is 0.850. The van der Waals surface area contributed by atoms with Crippen LogP contribution in [0.5, 0.6) is 0 Å². The second-order valence-electron chi connectivity index (χ2n) is 4.64. The molecular formula is C13H16Cl2N6. The molecule has 0 bridgehead atoms. The highest BCUT2D eigenvalue weighted by Crippen LogP contribution is 2.27. The Labute approximate surface area is 133 Å². The lowest BCUT2D eigenvalue weighted by molar-refractivity contribution is 0.425. The van der Waals surface area contributed by atoms with E-state index in [0.29, 0.717) is 27.5 Å². The molecule has 1 heterocycles. The summed E-state index contributed by atoms with van der Waals surface area (Å²) in [6, 6.07) is 5.17. The predicted octanol–water partition coefficient (Wildman–Crippen LogP) is 2.90. The number of benzene rings is 1. The van der Waals surface area contributed by atoms with Gasteiger partial charge in [0, 0.05) is 18.1 Å². The molecule has 0 spiro atoms. The lowest BCUT2D eigenvalue weighted by Gasteiger charge is -2.11. The van der Waals surface area contributed by atoms with E-state index in [2.05, 4.69) is 30.7 Å². The van der Waals surface area contributed by atoms with Crippen LogP contribution < -0.4 is 10.6 Å². The number of nitrogens with zero attached hydrogens (tertiary/aromatic N) is 4. The van der Waals surface area contributed by atoms with Gasteiger partial charge in [-0.1, -0.05) is 23.2 Å². The molecule has 0 atom stereocenters. The zero-order valence-corrected chi connectivity index (χ0v) is 13.3. The van der Waals surface area contributed by atoms with Crippen molar-refractivity contribution >= 4 is 40.7 Å². The smallest absolute Gasteiger partial charge is 0.244 e. The van der Waals surface area contributed by atoms with Gasteiger partial charge in [-0.3, -0.25) is 0 Å². The van der Waals surface area contributed by atoms with Gasteiger partial charge in [0.15, 0.2) is 5.82 Å². The third kappa shape index (κ3) is 5.00. The summed E-state index contributed by atoms with van der Waals surface area (Å²) in [6.45, 7) is 1.61. The predicted molar refractivity (Wildman–Crippen MR) is 86.6 cm³/mol. The van der Waals surface area contributed by atoms with E-state index < -0.39 is 0 Å². The van der Waals surface area contributed by atoms with Crippen LogP contribution in [0.2, 0.25) is 10.0 Å². The van der Waals surface area contributed by atoms with Crippen LogP contribution in [0.3, 0.4) is 0 Å². The van der Waals surface area contributed by atoms with E-state index in [1.54, 1.807) is 18.2 Å². The first-order valence-corrected chi connectivity index (χ1v) is 7.10. The molecule has 1 aromatic heterocycles. The first-order chi connectivity index (χ1) is 10.0. The topological polar surface area (TPSA) is 66.0 Å². The third-order valence-corrected chi connectivity index (χ3v) is 3.16. The van der Waals surface area contributed by atoms with Gasteiger partial charge in [0.2, 0.25) is 5.95 Å². The van der Waals surface area contributed by atoms with Crippen LogP contribution in [0.1, 0.15) is 0 Å². The number of nitrogens with one attached hydrogen (secondary N) is 2. The van der Waals surface area contributed by atoms with Crippen molar-refractivity contribution in [3.8, 4) is 0 Å². The normalized spacial score (nSPS) is 10.7. The van der Waals surface area contributed by atoms with Crippen molar-refractivity contribution < 1.29 is 0 Å². The van der Waals surface area contributed by atoms with E-state index in [1.165, 1.54) is 6.20 Å². The van der Waals surface area contributed by atoms with E-state index in [1.807, 2.05) is 14.1 Å². The van der Waals surface area contributed by atoms with Crippen LogP contribution in [0, 0.1) is 0 Å². The van der Waals surface area contributed by atoms with Crippen LogP contribution in [0.15, 0.2) is 24.4 Å². The van der Waals surface area contributed by atoms with Gasteiger partial charge < -0.3 is 15.5 Å². The Morgan fingerprint density at radius 2 is 2.05 bits per heavy atom. The van der Waals surface area contributed by atoms with Crippen molar-refractivity contribution in [3.05, 3.63) is 34.4 Å². The van der Waals surface area contributed by atoms with Gasteiger partial charge in [-0.05, 0) is 32.3 Å². The second-order valence-corrected chi connectivity index (χ2v) is 5.49. The van der Waals surface area contributed by atoms with Gasteiger partial charge in [-0.15, -0.1) is 5.10 Å². The summed E-state index contributed by atoms with van der Waals surface area (Å²) in [5, 5.41) is 15.2. The molecule has 2 N–H and O–H groups in total. The maximum Gasteiger partial charge on any atom is 0.244 e. The van der Waals surface area contributed by atoms with Crippen LogP contribution in [0.4, 0.5) is 17.5 Å². The monoisotopic (exact) mass is 326 g/mol. The Balaban J connectivity index is 2.05. The minimum atomic E-state index is 0.458. The number of hydrogen-bond donors (Lipinski definition) is 2. The summed E-state index contributed by atoms with van der Waals surface area (Å²) in [7, 11) is 4.00. The highest BCUT2D eigenvalue weighted by molar-refractivity contribution is 6.35. The molecule has 0 radical (unpaired) electrons. The Hall–Kier alpha value is -1.63. The molecule has 2 rings (SSSR count). The third-order valence-electron chi connectivity index (χ3n) is 2.59. The Morgan fingerprint density at radius 3 is 2.81 bits per heavy atom. The molecule has 0 saturated carbocycles. The highest BCUT2D eigenvalue weighted by Gasteiger charge is 2.05. The van der Waals surface area contributed by atoms with Crippen molar-refractivity contribution in [2.24, 2.45) is 0 Å². The second kappa shape index (κ2) is 7.40. The fraction of sp³-hybridized carbons (Fsp3) is 0.308. The van der Waals surface area contributed by atoms with Gasteiger partial charge in [0.1, 0.15) is 0 Å². The van der Waals surface area contributed by atoms with Gasteiger partial charge in [-0.25, -0.2) is 0 Å². The average molecular weight is 327 g/mol. The fourth-order valence-electron chi connectivity index (χ4n) is 1.56. The summed E-state index contributed by atoms with van der Waals surface area (Å²) in [5.41, 5.74) is 0.670. The Bertz CT molecular complexity index is 605. The van der Waals surface area contributed by atoms with Gasteiger partial charge >= 0.3 is 0 Å². The van der Waals surface area contributed by atoms with E-state index in [0.717, 1.165) is 13.1 Å². The SMILES string of the molecule is CN(C)CCNc1nncc(Nc2cc(Cl)ccc2Cl)n1. The van der Waals surface area contributed by atoms with Crippen molar-refractivity contribution in [2.75, 3.05) is 37.8 Å². The largest absolute Gasteiger partial charge is 0.352 e. The van der Waals surface area contributed by atoms with E-state index >= 15 is 0 Å². The van der Waals surface area contributed by atoms with Crippen LogP contribution in [-0.2, 0) is 0 Å². The number of halogens is 2. The molecule has 0 aliphatic carbocycles. The van der Waals surface area contributed by atoms with Gasteiger partial charge in [-0.2, -0.15) is 10.1 Å². The fourth-order valence-corrected chi connectivity index (χ4v) is 1.90. The lowest BCUT2D eigenvalue weighted by Crippen LogP contribution is -2.21. The lowest BCUT2D eigenvalue weighted by atomic mass is 10.3. The van der Waals surface area contributed by atoms with Crippen molar-refractivity contribution in [2.45, 2.75) is 0 Å². The molecule has 6 nitrogen and oxygen atoms in total. The average Bonchev–Trinajstić information content (AvgIpc) is 2.43. The molecule has 0 aliphatic rings. The standard InChI is InChI=1S/C13H16Cl2N6/c1-21(2)6-5-16-13-19-12(8-17-20-13)18-11-7-9(14)3-4-10(11)15/h3-4,7-8H,5-6H2,1-2H3,(H2,16,18,19,20). The summed E-state index contributed by atoms with van der Waals surface area (Å²) < 4.78 is 0. The summed E-state index contributed by atoms with van der Waals surface area (Å²) in [6.07, 6.45) is 1.52. The molecule has 0 aliphatic heterocycles. The van der Waals surface area contributed by atoms with Gasteiger partial charge in [0.25, 0.3) is 0 Å². The summed E-state index contributed by atoms with van der Waals surface area (Å²) >= 11 is 12.0. The first-order valence-electron chi connectivity index (χ1n) is 6.35. The number of likely N-dealkylation sites (N-methyl/N-ethyl adjacent to an activating group) is 1. The van der Waals surface area contributed by atoms with Crippen LogP contribution in [0.25, 0.3) is 0 Å². The molecule has 8 heteroatoms. The van der Waals surface area contributed by atoms with E-state index in [-0.39, 0.29) is 0 Å². The number of anilines is 3. The maximum absolute atomic E-state index is 6.10. The number of hydrogen-bond acceptors (Lipinski definition) is 6. The summed E-state index contributed by atoms with van der Waals surface area (Å²) in [5.74, 6) is 1.00. The maximum atomic E-state index is 6.10.